The number of hydrogen-bond acceptors (Lipinski definition) is 5. The van der Waals surface area contributed by atoms with Crippen LogP contribution in [0.25, 0.3) is 6.08 Å². The number of halogens is 2. The zero-order chi connectivity index (χ0) is 18.7. The monoisotopic (exact) mass is 394 g/mol. The standard InChI is InChI=1S/C17H12Cl2N2O5/c18-12-2-3-15(14(19)7-12)20-16(22)4-1-10-5-13(21(23)24)6-11-8-25-9-26-17(10)11/h1-7H,8-9H2,(H,20,22)/b4-1+. The minimum Gasteiger partial charge on any atom is -0.467 e. The highest BCUT2D eigenvalue weighted by Crippen LogP contribution is 2.33. The Morgan fingerprint density at radius 3 is 2.81 bits per heavy atom. The van der Waals surface area contributed by atoms with Crippen molar-refractivity contribution < 1.29 is 19.2 Å². The van der Waals surface area contributed by atoms with Crippen molar-refractivity contribution in [2.24, 2.45) is 0 Å². The molecule has 1 amide bonds. The molecule has 0 unspecified atom stereocenters. The summed E-state index contributed by atoms with van der Waals surface area (Å²) in [6.45, 7) is 0.239. The van der Waals surface area contributed by atoms with Gasteiger partial charge in [0.05, 0.1) is 22.2 Å². The fraction of sp³-hybridized carbons (Fsp3) is 0.118. The Hall–Kier alpha value is -2.61. The first kappa shape index (κ1) is 18.2. The number of nitro benzene ring substituents is 1. The lowest BCUT2D eigenvalue weighted by atomic mass is 10.1. The van der Waals surface area contributed by atoms with E-state index in [9.17, 15) is 14.9 Å². The van der Waals surface area contributed by atoms with E-state index in [-0.39, 0.29) is 19.1 Å². The van der Waals surface area contributed by atoms with E-state index in [1.165, 1.54) is 30.4 Å². The lowest BCUT2D eigenvalue weighted by Gasteiger charge is -2.19. The number of carbonyl (C=O) groups excluding carboxylic acids is 1. The van der Waals surface area contributed by atoms with E-state index in [0.717, 1.165) is 0 Å². The maximum atomic E-state index is 12.1. The topological polar surface area (TPSA) is 90.7 Å². The first-order chi connectivity index (χ1) is 12.4. The number of carbonyl (C=O) groups is 1. The van der Waals surface area contributed by atoms with Crippen molar-refractivity contribution >= 4 is 46.6 Å². The van der Waals surface area contributed by atoms with Crippen molar-refractivity contribution in [1.29, 1.82) is 0 Å². The number of fused-ring (bicyclic) bond motifs is 1. The third kappa shape index (κ3) is 4.13. The van der Waals surface area contributed by atoms with Crippen LogP contribution < -0.4 is 10.1 Å². The quantitative estimate of drug-likeness (QED) is 0.470. The Labute approximate surface area is 158 Å². The van der Waals surface area contributed by atoms with Gasteiger partial charge in [0.25, 0.3) is 5.69 Å². The largest absolute Gasteiger partial charge is 0.467 e. The molecule has 26 heavy (non-hydrogen) atoms. The van der Waals surface area contributed by atoms with Gasteiger partial charge in [-0.25, -0.2) is 0 Å². The van der Waals surface area contributed by atoms with Gasteiger partial charge in [-0.15, -0.1) is 0 Å². The molecular formula is C17H12Cl2N2O5. The van der Waals surface area contributed by atoms with Gasteiger partial charge in [-0.2, -0.15) is 0 Å². The van der Waals surface area contributed by atoms with Gasteiger partial charge in [-0.05, 0) is 24.3 Å². The van der Waals surface area contributed by atoms with E-state index in [4.69, 9.17) is 32.7 Å². The summed E-state index contributed by atoms with van der Waals surface area (Å²) in [6, 6.07) is 7.40. The van der Waals surface area contributed by atoms with Gasteiger partial charge in [0, 0.05) is 34.4 Å². The molecule has 2 aromatic carbocycles. The minimum atomic E-state index is -0.514. The molecule has 0 radical (unpaired) electrons. The van der Waals surface area contributed by atoms with Crippen molar-refractivity contribution in [3.05, 3.63) is 67.7 Å². The second-order valence-corrected chi connectivity index (χ2v) is 6.18. The third-order valence-electron chi connectivity index (χ3n) is 3.54. The van der Waals surface area contributed by atoms with Crippen LogP contribution in [0.2, 0.25) is 10.0 Å². The maximum Gasteiger partial charge on any atom is 0.270 e. The number of benzene rings is 2. The van der Waals surface area contributed by atoms with Crippen molar-refractivity contribution in [1.82, 2.24) is 0 Å². The molecule has 1 N–H and O–H groups in total. The number of nitro groups is 1. The molecule has 0 aromatic heterocycles. The summed E-state index contributed by atoms with van der Waals surface area (Å²) in [4.78, 5) is 22.7. The highest BCUT2D eigenvalue weighted by Gasteiger charge is 2.19. The van der Waals surface area contributed by atoms with E-state index in [1.54, 1.807) is 12.1 Å². The highest BCUT2D eigenvalue weighted by atomic mass is 35.5. The van der Waals surface area contributed by atoms with Gasteiger partial charge in [-0.1, -0.05) is 23.2 Å². The van der Waals surface area contributed by atoms with Crippen molar-refractivity contribution in [2.75, 3.05) is 12.1 Å². The molecule has 3 rings (SSSR count). The van der Waals surface area contributed by atoms with Crippen LogP contribution in [0.5, 0.6) is 5.75 Å². The van der Waals surface area contributed by atoms with Gasteiger partial charge in [-0.3, -0.25) is 14.9 Å². The predicted octanol–water partition coefficient (Wildman–Crippen LogP) is 4.42. The van der Waals surface area contributed by atoms with Gasteiger partial charge >= 0.3 is 0 Å². The molecule has 1 aliphatic rings. The summed E-state index contributed by atoms with van der Waals surface area (Å²) in [5.41, 5.74) is 1.25. The van der Waals surface area contributed by atoms with Gasteiger partial charge in [0.15, 0.2) is 6.79 Å². The molecular weight excluding hydrogens is 383 g/mol. The summed E-state index contributed by atoms with van der Waals surface area (Å²) in [5, 5.41) is 14.4. The number of non-ortho nitro benzene ring substituents is 1. The summed E-state index contributed by atoms with van der Waals surface area (Å²) in [5.74, 6) is -0.00281. The van der Waals surface area contributed by atoms with E-state index in [1.807, 2.05) is 0 Å². The van der Waals surface area contributed by atoms with E-state index >= 15 is 0 Å². The fourth-order valence-electron chi connectivity index (χ4n) is 2.39. The molecule has 0 aliphatic carbocycles. The number of nitrogens with one attached hydrogen (secondary N) is 1. The molecule has 0 saturated carbocycles. The number of nitrogens with zero attached hydrogens (tertiary/aromatic N) is 1. The first-order valence-electron chi connectivity index (χ1n) is 7.40. The Morgan fingerprint density at radius 1 is 1.27 bits per heavy atom. The molecule has 1 aliphatic heterocycles. The molecule has 0 saturated heterocycles. The van der Waals surface area contributed by atoms with Crippen LogP contribution >= 0.6 is 23.2 Å². The van der Waals surface area contributed by atoms with Crippen LogP contribution in [-0.2, 0) is 16.1 Å². The molecule has 2 aromatic rings. The second-order valence-electron chi connectivity index (χ2n) is 5.34. The lowest BCUT2D eigenvalue weighted by molar-refractivity contribution is -0.385. The average Bonchev–Trinajstić information content (AvgIpc) is 2.61. The van der Waals surface area contributed by atoms with Crippen LogP contribution in [0, 0.1) is 10.1 Å². The van der Waals surface area contributed by atoms with Crippen molar-refractivity contribution in [3.63, 3.8) is 0 Å². The number of ether oxygens (including phenoxy) is 2. The van der Waals surface area contributed by atoms with Crippen LogP contribution in [0.1, 0.15) is 11.1 Å². The third-order valence-corrected chi connectivity index (χ3v) is 4.09. The molecule has 0 spiro atoms. The molecule has 0 fully saturated rings. The SMILES string of the molecule is O=C(/C=C/c1cc([N+](=O)[O-])cc2c1OCOC2)Nc1ccc(Cl)cc1Cl. The zero-order valence-corrected chi connectivity index (χ0v) is 14.7. The van der Waals surface area contributed by atoms with Crippen LogP contribution in [0.3, 0.4) is 0 Å². The van der Waals surface area contributed by atoms with E-state index < -0.39 is 10.8 Å². The summed E-state index contributed by atoms with van der Waals surface area (Å²) in [6.07, 6.45) is 2.68. The van der Waals surface area contributed by atoms with E-state index in [2.05, 4.69) is 5.32 Å². The van der Waals surface area contributed by atoms with Crippen LogP contribution in [0.15, 0.2) is 36.4 Å². The highest BCUT2D eigenvalue weighted by molar-refractivity contribution is 6.36. The van der Waals surface area contributed by atoms with Gasteiger partial charge in [0.2, 0.25) is 5.91 Å². The number of anilines is 1. The Bertz CT molecular complexity index is 914. The molecule has 0 atom stereocenters. The van der Waals surface area contributed by atoms with E-state index in [0.29, 0.717) is 32.6 Å². The average molecular weight is 395 g/mol. The Balaban J connectivity index is 1.84. The minimum absolute atomic E-state index is 0.0399. The summed E-state index contributed by atoms with van der Waals surface area (Å²) < 4.78 is 10.5. The lowest BCUT2D eigenvalue weighted by Crippen LogP contribution is -2.13. The smallest absolute Gasteiger partial charge is 0.270 e. The molecule has 134 valence electrons. The van der Waals surface area contributed by atoms with Gasteiger partial charge in [0.1, 0.15) is 5.75 Å². The number of hydrogen-bond donors (Lipinski definition) is 1. The van der Waals surface area contributed by atoms with Crippen LogP contribution in [-0.4, -0.2) is 17.6 Å². The summed E-state index contributed by atoms with van der Waals surface area (Å²) in [7, 11) is 0. The molecule has 1 heterocycles. The number of rotatable bonds is 4. The molecule has 9 heteroatoms. The molecule has 0 bridgehead atoms. The second kappa shape index (κ2) is 7.74. The maximum absolute atomic E-state index is 12.1. The normalized spacial score (nSPS) is 13.2. The Kier molecular flexibility index (Phi) is 5.41. The van der Waals surface area contributed by atoms with Crippen molar-refractivity contribution in [2.45, 2.75) is 6.61 Å². The first-order valence-corrected chi connectivity index (χ1v) is 8.15. The Morgan fingerprint density at radius 2 is 2.08 bits per heavy atom. The molecule has 7 nitrogen and oxygen atoms in total. The summed E-state index contributed by atoms with van der Waals surface area (Å²) >= 11 is 11.8. The van der Waals surface area contributed by atoms with Crippen molar-refractivity contribution in [3.8, 4) is 5.75 Å². The zero-order valence-electron chi connectivity index (χ0n) is 13.2. The van der Waals surface area contributed by atoms with Gasteiger partial charge < -0.3 is 14.8 Å². The predicted molar refractivity (Wildman–Crippen MR) is 97.5 cm³/mol. The van der Waals surface area contributed by atoms with Crippen LogP contribution in [0.4, 0.5) is 11.4 Å². The number of amides is 1. The fourth-order valence-corrected chi connectivity index (χ4v) is 2.85.